The van der Waals surface area contributed by atoms with Crippen LogP contribution in [0.15, 0.2) is 28.5 Å². The first-order chi connectivity index (χ1) is 8.63. The van der Waals surface area contributed by atoms with Crippen molar-refractivity contribution in [3.05, 3.63) is 44.8 Å². The highest BCUT2D eigenvalue weighted by atomic mass is 32.1. The van der Waals surface area contributed by atoms with Gasteiger partial charge in [-0.3, -0.25) is 14.6 Å². The van der Waals surface area contributed by atoms with Gasteiger partial charge in [0, 0.05) is 16.8 Å². The van der Waals surface area contributed by atoms with Gasteiger partial charge in [0.05, 0.1) is 24.8 Å². The third-order valence-corrected chi connectivity index (χ3v) is 2.95. The van der Waals surface area contributed by atoms with Crippen LogP contribution in [0.5, 0.6) is 0 Å². The quantitative estimate of drug-likeness (QED) is 0.738. The molecular formula is C11H12N4O2S. The molecule has 0 spiro atoms. The van der Waals surface area contributed by atoms with Gasteiger partial charge in [-0.1, -0.05) is 11.3 Å². The lowest BCUT2D eigenvalue weighted by molar-refractivity contribution is -0.120. The lowest BCUT2D eigenvalue weighted by Crippen LogP contribution is -2.25. The van der Waals surface area contributed by atoms with Crippen molar-refractivity contribution >= 4 is 22.9 Å². The molecule has 0 saturated carbocycles. The molecule has 0 bridgehead atoms. The number of aromatic nitrogens is 2. The summed E-state index contributed by atoms with van der Waals surface area (Å²) in [5.41, 5.74) is 7.41. The second-order valence-corrected chi connectivity index (χ2v) is 4.55. The molecule has 0 aliphatic rings. The Kier molecular flexibility index (Phi) is 3.73. The van der Waals surface area contributed by atoms with Gasteiger partial charge in [0.15, 0.2) is 0 Å². The van der Waals surface area contributed by atoms with E-state index in [1.165, 1.54) is 6.20 Å². The predicted octanol–water partition coefficient (Wildman–Crippen LogP) is 0.272. The first kappa shape index (κ1) is 12.3. The summed E-state index contributed by atoms with van der Waals surface area (Å²) in [5, 5.41) is 4.39. The maximum atomic E-state index is 11.6. The van der Waals surface area contributed by atoms with Crippen LogP contribution in [0.2, 0.25) is 0 Å². The Morgan fingerprint density at radius 1 is 1.50 bits per heavy atom. The number of pyridine rings is 1. The molecule has 2 rings (SSSR count). The van der Waals surface area contributed by atoms with Gasteiger partial charge in [0.2, 0.25) is 5.91 Å². The number of carbonyl (C=O) groups excluding carboxylic acids is 1. The van der Waals surface area contributed by atoms with Crippen LogP contribution >= 0.6 is 11.3 Å². The summed E-state index contributed by atoms with van der Waals surface area (Å²) in [6, 6.07) is 3.41. The van der Waals surface area contributed by atoms with Gasteiger partial charge in [0.25, 0.3) is 0 Å². The molecule has 94 valence electrons. The summed E-state index contributed by atoms with van der Waals surface area (Å²) < 4.78 is 0. The number of rotatable bonds is 4. The second-order valence-electron chi connectivity index (χ2n) is 3.71. The summed E-state index contributed by atoms with van der Waals surface area (Å²) in [6.45, 7) is 0.312. The van der Waals surface area contributed by atoms with E-state index in [2.05, 4.69) is 15.3 Å². The van der Waals surface area contributed by atoms with Gasteiger partial charge in [-0.2, -0.15) is 0 Å². The molecule has 2 aromatic rings. The van der Waals surface area contributed by atoms with Gasteiger partial charge in [-0.25, -0.2) is 0 Å². The van der Waals surface area contributed by atoms with E-state index in [0.717, 1.165) is 11.3 Å². The lowest BCUT2D eigenvalue weighted by atomic mass is 10.2. The molecule has 0 aliphatic carbocycles. The number of nitrogens with zero attached hydrogens (tertiary/aromatic N) is 1. The number of amides is 1. The fraction of sp³-hybridized carbons (Fsp3) is 0.182. The smallest absolute Gasteiger partial charge is 0.304 e. The highest BCUT2D eigenvalue weighted by molar-refractivity contribution is 7.07. The number of aromatic amines is 1. The Bertz CT molecular complexity index is 588. The number of nitrogen functional groups attached to an aromatic ring is 1. The fourth-order valence-corrected chi connectivity index (χ4v) is 1.94. The summed E-state index contributed by atoms with van der Waals surface area (Å²) in [6.07, 6.45) is 1.70. The van der Waals surface area contributed by atoms with Crippen molar-refractivity contribution in [2.75, 3.05) is 5.73 Å². The SMILES string of the molecule is Nc1ccc(CC(=O)NCc2csc(=O)[nH]2)nc1. The summed E-state index contributed by atoms with van der Waals surface area (Å²) in [4.78, 5) is 29.0. The van der Waals surface area contributed by atoms with E-state index in [9.17, 15) is 9.59 Å². The predicted molar refractivity (Wildman–Crippen MR) is 69.1 cm³/mol. The number of H-pyrrole nitrogens is 1. The number of nitrogens with one attached hydrogen (secondary N) is 2. The van der Waals surface area contributed by atoms with Gasteiger partial charge >= 0.3 is 4.87 Å². The molecule has 0 fully saturated rings. The van der Waals surface area contributed by atoms with E-state index < -0.39 is 0 Å². The standard InChI is InChI=1S/C11H12N4O2S/c12-7-1-2-8(13-4-7)3-10(16)14-5-9-6-18-11(17)15-9/h1-2,4,6H,3,5,12H2,(H,14,16)(H,15,17). The van der Waals surface area contributed by atoms with Crippen molar-refractivity contribution < 1.29 is 4.79 Å². The van der Waals surface area contributed by atoms with Gasteiger partial charge < -0.3 is 16.0 Å². The maximum absolute atomic E-state index is 11.6. The van der Waals surface area contributed by atoms with Crippen LogP contribution in [-0.2, 0) is 17.8 Å². The van der Waals surface area contributed by atoms with Gasteiger partial charge in [-0.05, 0) is 12.1 Å². The van der Waals surface area contributed by atoms with E-state index in [1.807, 2.05) is 0 Å². The zero-order chi connectivity index (χ0) is 13.0. The minimum absolute atomic E-state index is 0.126. The van der Waals surface area contributed by atoms with Crippen molar-refractivity contribution in [2.24, 2.45) is 0 Å². The van der Waals surface area contributed by atoms with E-state index in [4.69, 9.17) is 5.73 Å². The average Bonchev–Trinajstić information content (AvgIpc) is 2.76. The molecular weight excluding hydrogens is 252 g/mol. The van der Waals surface area contributed by atoms with Gasteiger partial charge in [0.1, 0.15) is 0 Å². The van der Waals surface area contributed by atoms with Crippen molar-refractivity contribution in [1.82, 2.24) is 15.3 Å². The Hall–Kier alpha value is -2.15. The zero-order valence-corrected chi connectivity index (χ0v) is 10.3. The number of hydrogen-bond donors (Lipinski definition) is 3. The second kappa shape index (κ2) is 5.46. The molecule has 0 atom stereocenters. The molecule has 7 heteroatoms. The van der Waals surface area contributed by atoms with Crippen molar-refractivity contribution in [3.63, 3.8) is 0 Å². The first-order valence-corrected chi connectivity index (χ1v) is 6.15. The fourth-order valence-electron chi connectivity index (χ4n) is 1.36. The topological polar surface area (TPSA) is 101 Å². The summed E-state index contributed by atoms with van der Waals surface area (Å²) in [7, 11) is 0. The number of carbonyl (C=O) groups is 1. The van der Waals surface area contributed by atoms with Gasteiger partial charge in [-0.15, -0.1) is 0 Å². The Morgan fingerprint density at radius 2 is 2.33 bits per heavy atom. The molecule has 0 unspecified atom stereocenters. The number of hydrogen-bond acceptors (Lipinski definition) is 5. The highest BCUT2D eigenvalue weighted by Gasteiger charge is 2.05. The molecule has 4 N–H and O–H groups in total. The first-order valence-electron chi connectivity index (χ1n) is 5.27. The molecule has 6 nitrogen and oxygen atoms in total. The van der Waals surface area contributed by atoms with Crippen LogP contribution in [0, 0.1) is 0 Å². The summed E-state index contributed by atoms with van der Waals surface area (Å²) >= 11 is 1.07. The Balaban J connectivity index is 1.85. The number of thiazole rings is 1. The molecule has 0 saturated heterocycles. The van der Waals surface area contributed by atoms with Crippen LogP contribution in [0.25, 0.3) is 0 Å². The van der Waals surface area contributed by atoms with Crippen LogP contribution < -0.4 is 15.9 Å². The number of nitrogens with two attached hydrogens (primary N) is 1. The van der Waals surface area contributed by atoms with Crippen LogP contribution in [-0.4, -0.2) is 15.9 Å². The minimum Gasteiger partial charge on any atom is -0.397 e. The largest absolute Gasteiger partial charge is 0.397 e. The molecule has 18 heavy (non-hydrogen) atoms. The highest BCUT2D eigenvalue weighted by Crippen LogP contribution is 2.02. The molecule has 0 aromatic carbocycles. The molecule has 0 aliphatic heterocycles. The third kappa shape index (κ3) is 3.42. The van der Waals surface area contributed by atoms with E-state index >= 15 is 0 Å². The van der Waals surface area contributed by atoms with E-state index in [-0.39, 0.29) is 17.2 Å². The average molecular weight is 264 g/mol. The Morgan fingerprint density at radius 3 is 2.94 bits per heavy atom. The minimum atomic E-state index is -0.153. The molecule has 0 radical (unpaired) electrons. The van der Waals surface area contributed by atoms with E-state index in [1.54, 1.807) is 17.5 Å². The van der Waals surface area contributed by atoms with Crippen LogP contribution in [0.4, 0.5) is 5.69 Å². The molecule has 1 amide bonds. The molecule has 2 heterocycles. The van der Waals surface area contributed by atoms with Crippen molar-refractivity contribution in [1.29, 1.82) is 0 Å². The Labute approximate surface area is 107 Å². The van der Waals surface area contributed by atoms with Crippen molar-refractivity contribution in [2.45, 2.75) is 13.0 Å². The van der Waals surface area contributed by atoms with Crippen molar-refractivity contribution in [3.8, 4) is 0 Å². The summed E-state index contributed by atoms with van der Waals surface area (Å²) in [5.74, 6) is -0.153. The lowest BCUT2D eigenvalue weighted by Gasteiger charge is -2.03. The number of anilines is 1. The monoisotopic (exact) mass is 264 g/mol. The zero-order valence-electron chi connectivity index (χ0n) is 9.47. The van der Waals surface area contributed by atoms with Crippen LogP contribution in [0.1, 0.15) is 11.4 Å². The molecule has 2 aromatic heterocycles. The normalized spacial score (nSPS) is 10.2. The van der Waals surface area contributed by atoms with E-state index in [0.29, 0.717) is 23.6 Å². The van der Waals surface area contributed by atoms with Crippen LogP contribution in [0.3, 0.4) is 0 Å². The third-order valence-electron chi connectivity index (χ3n) is 2.24. The maximum Gasteiger partial charge on any atom is 0.304 e.